The zero-order valence-corrected chi connectivity index (χ0v) is 14.1. The van der Waals surface area contributed by atoms with Gasteiger partial charge in [0.05, 0.1) is 13.2 Å². The van der Waals surface area contributed by atoms with Crippen LogP contribution < -0.4 is 4.74 Å². The van der Waals surface area contributed by atoms with Crippen LogP contribution in [0, 0.1) is 0 Å². The first kappa shape index (κ1) is 17.5. The van der Waals surface area contributed by atoms with Crippen LogP contribution in [0.5, 0.6) is 5.75 Å². The quantitative estimate of drug-likeness (QED) is 0.763. The summed E-state index contributed by atoms with van der Waals surface area (Å²) in [4.78, 5) is 2.30. The molecule has 0 aliphatic rings. The summed E-state index contributed by atoms with van der Waals surface area (Å²) in [5, 5.41) is 10.2. The number of hydrogen-bond donors (Lipinski definition) is 1. The third-order valence-electron chi connectivity index (χ3n) is 3.88. The Morgan fingerprint density at radius 1 is 1.00 bits per heavy atom. The van der Waals surface area contributed by atoms with Crippen LogP contribution in [0.25, 0.3) is 0 Å². The third-order valence-corrected chi connectivity index (χ3v) is 3.88. The van der Waals surface area contributed by atoms with Gasteiger partial charge in [0, 0.05) is 19.6 Å². The molecule has 0 bridgehead atoms. The lowest BCUT2D eigenvalue weighted by Crippen LogP contribution is -2.31. The molecule has 0 aliphatic carbocycles. The first-order valence-corrected chi connectivity index (χ1v) is 8.28. The van der Waals surface area contributed by atoms with Crippen molar-refractivity contribution in [1.29, 1.82) is 0 Å². The van der Waals surface area contributed by atoms with Crippen LogP contribution in [0.3, 0.4) is 0 Å². The maximum absolute atomic E-state index is 10.2. The highest BCUT2D eigenvalue weighted by Crippen LogP contribution is 2.16. The standard InChI is InChI=1S/C20H27NO2/c1-3-8-19(22)16-21(14-17-9-5-4-6-10-17)15-18-11-7-12-20(13-18)23-2/h4-7,9-13,19,22H,3,8,14-16H2,1-2H3/t19-/m1/s1. The Balaban J connectivity index is 2.08. The highest BCUT2D eigenvalue weighted by Gasteiger charge is 2.13. The lowest BCUT2D eigenvalue weighted by Gasteiger charge is -2.25. The largest absolute Gasteiger partial charge is 0.497 e. The molecule has 23 heavy (non-hydrogen) atoms. The number of aliphatic hydroxyl groups excluding tert-OH is 1. The molecule has 124 valence electrons. The van der Waals surface area contributed by atoms with Crippen LogP contribution in [0.2, 0.25) is 0 Å². The van der Waals surface area contributed by atoms with Gasteiger partial charge in [-0.1, -0.05) is 55.8 Å². The minimum absolute atomic E-state index is 0.283. The number of ether oxygens (including phenoxy) is 1. The van der Waals surface area contributed by atoms with E-state index in [2.05, 4.69) is 48.2 Å². The lowest BCUT2D eigenvalue weighted by atomic mass is 10.1. The van der Waals surface area contributed by atoms with E-state index in [9.17, 15) is 5.11 Å². The molecule has 0 fully saturated rings. The molecule has 1 N–H and O–H groups in total. The first-order chi connectivity index (χ1) is 11.2. The summed E-state index contributed by atoms with van der Waals surface area (Å²) in [6.45, 7) is 4.42. The van der Waals surface area contributed by atoms with Crippen LogP contribution in [0.4, 0.5) is 0 Å². The predicted molar refractivity (Wildman–Crippen MR) is 94.5 cm³/mol. The van der Waals surface area contributed by atoms with Crippen LogP contribution in [-0.2, 0) is 13.1 Å². The molecule has 0 aliphatic heterocycles. The van der Waals surface area contributed by atoms with E-state index in [-0.39, 0.29) is 6.10 Å². The fraction of sp³-hybridized carbons (Fsp3) is 0.400. The van der Waals surface area contributed by atoms with Gasteiger partial charge < -0.3 is 9.84 Å². The zero-order chi connectivity index (χ0) is 16.5. The Morgan fingerprint density at radius 2 is 1.70 bits per heavy atom. The molecule has 0 unspecified atom stereocenters. The van der Waals surface area contributed by atoms with Gasteiger partial charge in [0.15, 0.2) is 0 Å². The molecular weight excluding hydrogens is 286 g/mol. The molecule has 2 aromatic rings. The van der Waals surface area contributed by atoms with E-state index in [1.165, 1.54) is 11.1 Å². The van der Waals surface area contributed by atoms with Gasteiger partial charge >= 0.3 is 0 Å². The second-order valence-electron chi connectivity index (χ2n) is 5.95. The fourth-order valence-electron chi connectivity index (χ4n) is 2.78. The van der Waals surface area contributed by atoms with Crippen molar-refractivity contribution in [2.45, 2.75) is 39.0 Å². The summed E-state index contributed by atoms with van der Waals surface area (Å²) in [7, 11) is 1.69. The van der Waals surface area contributed by atoms with Gasteiger partial charge in [-0.15, -0.1) is 0 Å². The Bertz CT molecular complexity index is 571. The van der Waals surface area contributed by atoms with Gasteiger partial charge in [0.1, 0.15) is 5.75 Å². The summed E-state index contributed by atoms with van der Waals surface area (Å²) in [6, 6.07) is 18.5. The van der Waals surface area contributed by atoms with E-state index in [4.69, 9.17) is 4.74 Å². The van der Waals surface area contributed by atoms with Crippen molar-refractivity contribution < 1.29 is 9.84 Å². The van der Waals surface area contributed by atoms with Crippen molar-refractivity contribution >= 4 is 0 Å². The smallest absolute Gasteiger partial charge is 0.119 e. The lowest BCUT2D eigenvalue weighted by molar-refractivity contribution is 0.0970. The van der Waals surface area contributed by atoms with Crippen molar-refractivity contribution in [3.63, 3.8) is 0 Å². The molecule has 0 radical (unpaired) electrons. The van der Waals surface area contributed by atoms with E-state index in [1.807, 2.05) is 18.2 Å². The van der Waals surface area contributed by atoms with Crippen molar-refractivity contribution in [2.24, 2.45) is 0 Å². The molecule has 0 aromatic heterocycles. The monoisotopic (exact) mass is 313 g/mol. The number of aliphatic hydroxyl groups is 1. The van der Waals surface area contributed by atoms with Gasteiger partial charge in [-0.3, -0.25) is 4.90 Å². The number of nitrogens with zero attached hydrogens (tertiary/aromatic N) is 1. The van der Waals surface area contributed by atoms with E-state index >= 15 is 0 Å². The van der Waals surface area contributed by atoms with Crippen molar-refractivity contribution in [3.8, 4) is 5.75 Å². The minimum atomic E-state index is -0.283. The predicted octanol–water partition coefficient (Wildman–Crippen LogP) is 3.86. The molecule has 1 atom stereocenters. The van der Waals surface area contributed by atoms with Gasteiger partial charge in [0.2, 0.25) is 0 Å². The summed E-state index contributed by atoms with van der Waals surface area (Å²) in [5.74, 6) is 0.872. The minimum Gasteiger partial charge on any atom is -0.497 e. The van der Waals surface area contributed by atoms with Gasteiger partial charge in [-0.05, 0) is 29.7 Å². The maximum atomic E-state index is 10.2. The molecule has 0 saturated heterocycles. The number of methoxy groups -OCH3 is 1. The van der Waals surface area contributed by atoms with Crippen LogP contribution >= 0.6 is 0 Å². The second-order valence-corrected chi connectivity index (χ2v) is 5.95. The molecule has 2 rings (SSSR count). The summed E-state index contributed by atoms with van der Waals surface area (Å²) >= 11 is 0. The number of benzene rings is 2. The number of hydrogen-bond acceptors (Lipinski definition) is 3. The Labute approximate surface area is 139 Å². The second kappa shape index (κ2) is 9.33. The normalized spacial score (nSPS) is 12.3. The fourth-order valence-corrected chi connectivity index (χ4v) is 2.78. The molecule has 3 nitrogen and oxygen atoms in total. The molecule has 0 heterocycles. The highest BCUT2D eigenvalue weighted by atomic mass is 16.5. The van der Waals surface area contributed by atoms with E-state index in [0.29, 0.717) is 6.54 Å². The Kier molecular flexibility index (Phi) is 7.11. The van der Waals surface area contributed by atoms with Crippen LogP contribution in [0.15, 0.2) is 54.6 Å². The molecule has 0 saturated carbocycles. The summed E-state index contributed by atoms with van der Waals surface area (Å²) in [5.41, 5.74) is 2.46. The van der Waals surface area contributed by atoms with E-state index in [0.717, 1.165) is 31.7 Å². The van der Waals surface area contributed by atoms with Crippen molar-refractivity contribution in [3.05, 3.63) is 65.7 Å². The van der Waals surface area contributed by atoms with E-state index in [1.54, 1.807) is 7.11 Å². The summed E-state index contributed by atoms with van der Waals surface area (Å²) in [6.07, 6.45) is 1.55. The van der Waals surface area contributed by atoms with Crippen LogP contribution in [-0.4, -0.2) is 29.8 Å². The molecule has 3 heteroatoms. The topological polar surface area (TPSA) is 32.7 Å². The summed E-state index contributed by atoms with van der Waals surface area (Å²) < 4.78 is 5.31. The molecule has 0 spiro atoms. The Hall–Kier alpha value is -1.84. The SMILES string of the molecule is CCC[C@@H](O)CN(Cc1ccccc1)Cc1cccc(OC)c1. The molecule has 0 amide bonds. The molecular formula is C20H27NO2. The van der Waals surface area contributed by atoms with Crippen molar-refractivity contribution in [2.75, 3.05) is 13.7 Å². The average Bonchev–Trinajstić information content (AvgIpc) is 2.56. The zero-order valence-electron chi connectivity index (χ0n) is 14.1. The third kappa shape index (κ3) is 6.05. The highest BCUT2D eigenvalue weighted by molar-refractivity contribution is 5.28. The van der Waals surface area contributed by atoms with Crippen LogP contribution in [0.1, 0.15) is 30.9 Å². The van der Waals surface area contributed by atoms with E-state index < -0.39 is 0 Å². The molecule has 2 aromatic carbocycles. The van der Waals surface area contributed by atoms with Gasteiger partial charge in [-0.25, -0.2) is 0 Å². The Morgan fingerprint density at radius 3 is 2.39 bits per heavy atom. The number of rotatable bonds is 9. The maximum Gasteiger partial charge on any atom is 0.119 e. The first-order valence-electron chi connectivity index (χ1n) is 8.28. The van der Waals surface area contributed by atoms with Gasteiger partial charge in [-0.2, -0.15) is 0 Å². The van der Waals surface area contributed by atoms with Crippen molar-refractivity contribution in [1.82, 2.24) is 4.90 Å². The average molecular weight is 313 g/mol. The van der Waals surface area contributed by atoms with Gasteiger partial charge in [0.25, 0.3) is 0 Å².